The van der Waals surface area contributed by atoms with Crippen LogP contribution in [0.25, 0.3) is 0 Å². The van der Waals surface area contributed by atoms with Crippen molar-refractivity contribution in [1.82, 2.24) is 4.90 Å². The predicted molar refractivity (Wildman–Crippen MR) is 165 cm³/mol. The van der Waals surface area contributed by atoms with Gasteiger partial charge in [-0.05, 0) is 55.4 Å². The van der Waals surface area contributed by atoms with Crippen molar-refractivity contribution in [2.45, 2.75) is 83.0 Å². The van der Waals surface area contributed by atoms with Crippen LogP contribution in [0.3, 0.4) is 0 Å². The molecule has 0 radical (unpaired) electrons. The van der Waals surface area contributed by atoms with Gasteiger partial charge in [0.15, 0.2) is 8.32 Å². The molecule has 1 aromatic rings. The molecule has 2 rings (SSSR count). The van der Waals surface area contributed by atoms with E-state index in [2.05, 4.69) is 60.1 Å². The van der Waals surface area contributed by atoms with E-state index in [1.807, 2.05) is 0 Å². The van der Waals surface area contributed by atoms with E-state index in [4.69, 9.17) is 13.9 Å². The number of hydrogen-bond donors (Lipinski definition) is 0. The van der Waals surface area contributed by atoms with Crippen molar-refractivity contribution >= 4 is 57.0 Å². The molecule has 0 bridgehead atoms. The van der Waals surface area contributed by atoms with Crippen LogP contribution >= 0.6 is 11.8 Å². The molecule has 2 amide bonds. The summed E-state index contributed by atoms with van der Waals surface area (Å²) >= 11 is 0.774. The van der Waals surface area contributed by atoms with Crippen LogP contribution in [0.15, 0.2) is 36.9 Å². The highest BCUT2D eigenvalue weighted by molar-refractivity contribution is 8.14. The molecule has 1 aliphatic heterocycles. The van der Waals surface area contributed by atoms with E-state index >= 15 is 0 Å². The van der Waals surface area contributed by atoms with E-state index in [1.165, 1.54) is 30.3 Å². The number of ether oxygens (including phenoxy) is 2. The standard InChI is InChI=1S/C29H43NO8SSi2/c1-11-16-36-26(33)20-12-14-21(15-13-20)28(35)39-25-22(19(2)38-41(9,10)29(3,4)5)23(31)30(25)24(32)27(34)37-17-18-40(6,7)8/h11-15,19,22,25H,1,16-18H2,2-10H3/t19-,22+,25-/m1/s1. The highest BCUT2D eigenvalue weighted by Gasteiger charge is 2.57. The maximum Gasteiger partial charge on any atom is 0.397 e. The second-order valence-electron chi connectivity index (χ2n) is 12.8. The van der Waals surface area contributed by atoms with Gasteiger partial charge in [-0.15, -0.1) is 0 Å². The summed E-state index contributed by atoms with van der Waals surface area (Å²) in [5, 5.41) is -1.51. The highest BCUT2D eigenvalue weighted by atomic mass is 32.2. The summed E-state index contributed by atoms with van der Waals surface area (Å²) in [4.78, 5) is 65.1. The molecule has 1 fully saturated rings. The van der Waals surface area contributed by atoms with Crippen molar-refractivity contribution in [3.8, 4) is 0 Å². The zero-order chi connectivity index (χ0) is 31.3. The third-order valence-electron chi connectivity index (χ3n) is 7.27. The first-order chi connectivity index (χ1) is 18.8. The predicted octanol–water partition coefficient (Wildman–Crippen LogP) is 5.51. The lowest BCUT2D eigenvalue weighted by Gasteiger charge is -2.49. The molecule has 41 heavy (non-hydrogen) atoms. The Morgan fingerprint density at radius 1 is 1.02 bits per heavy atom. The number of esters is 2. The van der Waals surface area contributed by atoms with E-state index in [1.54, 1.807) is 6.92 Å². The summed E-state index contributed by atoms with van der Waals surface area (Å²) in [6.45, 7) is 22.1. The van der Waals surface area contributed by atoms with E-state index in [9.17, 15) is 24.0 Å². The Kier molecular flexibility index (Phi) is 11.5. The van der Waals surface area contributed by atoms with Gasteiger partial charge >= 0.3 is 17.8 Å². The first-order valence-electron chi connectivity index (χ1n) is 13.6. The van der Waals surface area contributed by atoms with Crippen LogP contribution in [-0.4, -0.2) is 74.9 Å². The molecule has 0 aliphatic carbocycles. The Morgan fingerprint density at radius 3 is 2.10 bits per heavy atom. The van der Waals surface area contributed by atoms with Gasteiger partial charge in [0.1, 0.15) is 12.0 Å². The molecule has 12 heteroatoms. The number of hydrogen-bond acceptors (Lipinski definition) is 9. The topological polar surface area (TPSA) is 116 Å². The Balaban J connectivity index is 2.27. The van der Waals surface area contributed by atoms with Gasteiger partial charge in [0.05, 0.1) is 24.2 Å². The normalized spacial score (nSPS) is 18.3. The number of amides is 2. The third-order valence-corrected chi connectivity index (χ3v) is 14.7. The number of benzene rings is 1. The third kappa shape index (κ3) is 8.97. The fourth-order valence-electron chi connectivity index (χ4n) is 3.72. The largest absolute Gasteiger partial charge is 0.459 e. The van der Waals surface area contributed by atoms with Crippen LogP contribution in [0.4, 0.5) is 0 Å². The fourth-order valence-corrected chi connectivity index (χ4v) is 7.15. The Hall–Kier alpha value is -2.55. The van der Waals surface area contributed by atoms with Crippen molar-refractivity contribution in [1.29, 1.82) is 0 Å². The molecule has 226 valence electrons. The van der Waals surface area contributed by atoms with Crippen LogP contribution < -0.4 is 0 Å². The summed E-state index contributed by atoms with van der Waals surface area (Å²) < 4.78 is 16.6. The molecule has 1 saturated heterocycles. The lowest BCUT2D eigenvalue weighted by Crippen LogP contribution is -2.67. The second kappa shape index (κ2) is 13.6. The zero-order valence-electron chi connectivity index (χ0n) is 25.6. The van der Waals surface area contributed by atoms with Gasteiger partial charge in [-0.25, -0.2) is 9.59 Å². The van der Waals surface area contributed by atoms with Gasteiger partial charge in [0.2, 0.25) is 11.0 Å². The summed E-state index contributed by atoms with van der Waals surface area (Å²) in [5.41, 5.74) is 0.524. The van der Waals surface area contributed by atoms with Gasteiger partial charge in [-0.3, -0.25) is 19.3 Å². The molecule has 1 heterocycles. The minimum absolute atomic E-state index is 0.0615. The number of rotatable bonds is 11. The lowest BCUT2D eigenvalue weighted by atomic mass is 9.92. The summed E-state index contributed by atoms with van der Waals surface area (Å²) in [7, 11) is -3.81. The van der Waals surface area contributed by atoms with E-state index < -0.39 is 62.7 Å². The number of carbonyl (C=O) groups is 5. The maximum absolute atomic E-state index is 13.3. The second-order valence-corrected chi connectivity index (χ2v) is 24.3. The average Bonchev–Trinajstić information content (AvgIpc) is 2.85. The Labute approximate surface area is 249 Å². The molecule has 0 spiro atoms. The zero-order valence-corrected chi connectivity index (χ0v) is 28.4. The van der Waals surface area contributed by atoms with Crippen molar-refractivity contribution < 1.29 is 37.9 Å². The molecule has 0 aromatic heterocycles. The number of thioether (sulfide) groups is 1. The summed E-state index contributed by atoms with van der Waals surface area (Å²) in [6.07, 6.45) is 0.857. The molecule has 3 atom stereocenters. The summed E-state index contributed by atoms with van der Waals surface area (Å²) in [5.74, 6) is -4.15. The molecule has 0 unspecified atom stereocenters. The maximum atomic E-state index is 13.3. The summed E-state index contributed by atoms with van der Waals surface area (Å²) in [6, 6.07) is 6.55. The molecular weight excluding hydrogens is 579 g/mol. The molecular formula is C29H43NO8SSi2. The Morgan fingerprint density at radius 2 is 1.59 bits per heavy atom. The lowest BCUT2D eigenvalue weighted by molar-refractivity contribution is -0.174. The van der Waals surface area contributed by atoms with Gasteiger partial charge < -0.3 is 13.9 Å². The minimum atomic E-state index is -2.30. The van der Waals surface area contributed by atoms with Crippen molar-refractivity contribution in [3.63, 3.8) is 0 Å². The quantitative estimate of drug-likeness (QED) is 0.104. The molecule has 0 saturated carbocycles. The van der Waals surface area contributed by atoms with Crippen LogP contribution in [0, 0.1) is 5.92 Å². The average molecular weight is 622 g/mol. The van der Waals surface area contributed by atoms with E-state index in [0.717, 1.165) is 16.7 Å². The number of β-lactam (4-membered cyclic amide) rings is 1. The Bertz CT molecular complexity index is 1170. The number of nitrogens with zero attached hydrogens (tertiary/aromatic N) is 1. The molecule has 1 aromatic carbocycles. The van der Waals surface area contributed by atoms with Crippen LogP contribution in [-0.2, 0) is 28.3 Å². The first-order valence-corrected chi connectivity index (χ1v) is 21.1. The van der Waals surface area contributed by atoms with Crippen LogP contribution in [0.1, 0.15) is 48.4 Å². The molecule has 1 aliphatic rings. The smallest absolute Gasteiger partial charge is 0.397 e. The fraction of sp³-hybridized carbons (Fsp3) is 0.552. The monoisotopic (exact) mass is 621 g/mol. The molecule has 0 N–H and O–H groups in total. The SMILES string of the molecule is C=CCOC(=O)c1ccc(C(=O)S[C@@H]2[C@@H]([C@@H](C)O[Si](C)(C)C(C)(C)C)C(=O)N2C(=O)C(=O)OCC[Si](C)(C)C)cc1. The van der Waals surface area contributed by atoms with Gasteiger partial charge in [-0.2, -0.15) is 0 Å². The van der Waals surface area contributed by atoms with Crippen LogP contribution in [0.2, 0.25) is 43.8 Å². The number of imide groups is 1. The number of likely N-dealkylation sites (tertiary alicyclic amines) is 1. The van der Waals surface area contributed by atoms with Crippen LogP contribution in [0.5, 0.6) is 0 Å². The van der Waals surface area contributed by atoms with E-state index in [0.29, 0.717) is 6.04 Å². The number of carbonyl (C=O) groups excluding carboxylic acids is 5. The highest BCUT2D eigenvalue weighted by Crippen LogP contribution is 2.43. The van der Waals surface area contributed by atoms with Crippen molar-refractivity contribution in [3.05, 3.63) is 48.0 Å². The van der Waals surface area contributed by atoms with Gasteiger partial charge in [0, 0.05) is 13.6 Å². The van der Waals surface area contributed by atoms with Crippen molar-refractivity contribution in [2.24, 2.45) is 5.92 Å². The van der Waals surface area contributed by atoms with E-state index in [-0.39, 0.29) is 29.4 Å². The van der Waals surface area contributed by atoms with Gasteiger partial charge in [-0.1, -0.05) is 64.8 Å². The molecule has 9 nitrogen and oxygen atoms in total. The van der Waals surface area contributed by atoms with Gasteiger partial charge in [0.25, 0.3) is 0 Å². The minimum Gasteiger partial charge on any atom is -0.459 e. The van der Waals surface area contributed by atoms with Crippen molar-refractivity contribution in [2.75, 3.05) is 13.2 Å². The first kappa shape index (κ1) is 34.7.